The summed E-state index contributed by atoms with van der Waals surface area (Å²) in [5.41, 5.74) is 10.4. The second-order valence-electron chi connectivity index (χ2n) is 1.83. The van der Waals surface area contributed by atoms with E-state index in [9.17, 15) is 0 Å². The fourth-order valence-corrected chi connectivity index (χ4v) is 0.672. The van der Waals surface area contributed by atoms with Crippen LogP contribution in [0.15, 0.2) is 0 Å². The van der Waals surface area contributed by atoms with E-state index in [-0.39, 0.29) is 0 Å². The summed E-state index contributed by atoms with van der Waals surface area (Å²) >= 11 is 0. The number of nitrogens with two attached hydrogens (primary N) is 2. The number of rotatable bonds is 1. The molecule has 0 aliphatic carbocycles. The smallest absolute Gasteiger partial charge is 0.289 e. The van der Waals surface area contributed by atoms with Gasteiger partial charge in [-0.3, -0.25) is 15.2 Å². The molecular weight excluding hydrogens is 96.0 g/mol. The molecular formula is C3H6N2O2. The second-order valence-corrected chi connectivity index (χ2v) is 1.83. The molecule has 7 heavy (non-hydrogen) atoms. The van der Waals surface area contributed by atoms with Crippen molar-refractivity contribution in [3.05, 3.63) is 0 Å². The monoisotopic (exact) mass is 102 g/mol. The molecule has 0 spiro atoms. The van der Waals surface area contributed by atoms with Crippen LogP contribution >= 0.6 is 0 Å². The number of ether oxygens (including phenoxy) is 2. The van der Waals surface area contributed by atoms with Crippen LogP contribution in [0.25, 0.3) is 0 Å². The molecule has 2 heterocycles. The molecule has 2 aliphatic heterocycles. The predicted octanol–water partition coefficient (Wildman–Crippen LogP) is -1.69. The molecule has 0 unspecified atom stereocenters. The lowest BCUT2D eigenvalue weighted by atomic mass is 10.4. The van der Waals surface area contributed by atoms with Gasteiger partial charge in [-0.15, -0.1) is 0 Å². The van der Waals surface area contributed by atoms with Crippen LogP contribution in [0.1, 0.15) is 0 Å². The summed E-state index contributed by atoms with van der Waals surface area (Å²) in [7, 11) is 0. The molecule has 0 amide bonds. The van der Waals surface area contributed by atoms with Gasteiger partial charge in [0.25, 0.3) is 11.7 Å². The molecule has 2 fully saturated rings. The van der Waals surface area contributed by atoms with Gasteiger partial charge < -0.3 is 5.73 Å². The largest absolute Gasteiger partial charge is 0.325 e. The van der Waals surface area contributed by atoms with E-state index in [1.165, 1.54) is 0 Å². The van der Waals surface area contributed by atoms with E-state index >= 15 is 0 Å². The summed E-state index contributed by atoms with van der Waals surface area (Å²) in [6.45, 7) is 0.365. The van der Waals surface area contributed by atoms with E-state index in [4.69, 9.17) is 20.9 Å². The average molecular weight is 102 g/mol. The van der Waals surface area contributed by atoms with Gasteiger partial charge in [0, 0.05) is 0 Å². The number of fused-ring (bicyclic) bond motifs is 1. The van der Waals surface area contributed by atoms with Crippen molar-refractivity contribution in [2.45, 2.75) is 11.7 Å². The van der Waals surface area contributed by atoms with Crippen molar-refractivity contribution >= 4 is 0 Å². The van der Waals surface area contributed by atoms with E-state index in [0.717, 1.165) is 0 Å². The van der Waals surface area contributed by atoms with Crippen molar-refractivity contribution < 1.29 is 9.47 Å². The molecule has 4 N–H and O–H groups in total. The van der Waals surface area contributed by atoms with Crippen molar-refractivity contribution in [3.63, 3.8) is 0 Å². The maximum Gasteiger partial charge on any atom is 0.289 e. The maximum atomic E-state index is 5.26. The van der Waals surface area contributed by atoms with Crippen LogP contribution in [0.3, 0.4) is 0 Å². The highest BCUT2D eigenvalue weighted by atomic mass is 17.1. The van der Waals surface area contributed by atoms with Crippen LogP contribution in [0.5, 0.6) is 0 Å². The van der Waals surface area contributed by atoms with Crippen LogP contribution in [0.2, 0.25) is 0 Å². The average Bonchev–Trinajstić information content (AvgIpc) is 2.24. The predicted molar refractivity (Wildman–Crippen MR) is 20.9 cm³/mol. The van der Waals surface area contributed by atoms with E-state index < -0.39 is 11.7 Å². The van der Waals surface area contributed by atoms with E-state index in [2.05, 4.69) is 0 Å². The van der Waals surface area contributed by atoms with Gasteiger partial charge in [0.05, 0.1) is 6.54 Å². The van der Waals surface area contributed by atoms with Crippen LogP contribution in [0.4, 0.5) is 0 Å². The summed E-state index contributed by atoms with van der Waals surface area (Å²) in [6.07, 6.45) is 0. The third-order valence-electron chi connectivity index (χ3n) is 1.35. The van der Waals surface area contributed by atoms with Crippen molar-refractivity contribution in [3.8, 4) is 0 Å². The van der Waals surface area contributed by atoms with Gasteiger partial charge in [-0.05, 0) is 0 Å². The second kappa shape index (κ2) is 0.621. The summed E-state index contributed by atoms with van der Waals surface area (Å²) in [4.78, 5) is 0. The standard InChI is InChI=1S/C3H6N2O2/c4-1-2-3(5,6-2)7-2/h1,4-5H2. The zero-order valence-corrected chi connectivity index (χ0v) is 3.68. The molecule has 4 heteroatoms. The van der Waals surface area contributed by atoms with Gasteiger partial charge in [-0.1, -0.05) is 0 Å². The van der Waals surface area contributed by atoms with E-state index in [1.54, 1.807) is 0 Å². The van der Waals surface area contributed by atoms with Crippen LogP contribution in [-0.2, 0) is 9.47 Å². The Morgan fingerprint density at radius 1 is 1.43 bits per heavy atom. The van der Waals surface area contributed by atoms with E-state index in [0.29, 0.717) is 6.54 Å². The highest BCUT2D eigenvalue weighted by molar-refractivity contribution is 5.14. The summed E-state index contributed by atoms with van der Waals surface area (Å²) in [5.74, 6) is -1.31. The van der Waals surface area contributed by atoms with Gasteiger partial charge in [0.15, 0.2) is 0 Å². The lowest BCUT2D eigenvalue weighted by Crippen LogP contribution is -2.14. The Bertz CT molecular complexity index is 113. The topological polar surface area (TPSA) is 77.1 Å². The number of hydrogen-bond acceptors (Lipinski definition) is 4. The van der Waals surface area contributed by atoms with Crippen molar-refractivity contribution in [1.29, 1.82) is 0 Å². The van der Waals surface area contributed by atoms with Crippen LogP contribution in [0, 0.1) is 0 Å². The van der Waals surface area contributed by atoms with Gasteiger partial charge in [-0.25, -0.2) is 0 Å². The molecule has 4 nitrogen and oxygen atoms in total. The highest BCUT2D eigenvalue weighted by Gasteiger charge is 2.89. The lowest BCUT2D eigenvalue weighted by Gasteiger charge is -1.90. The number of epoxide rings is 2. The zero-order chi connectivity index (χ0) is 5.12. The third kappa shape index (κ3) is 0.219. The van der Waals surface area contributed by atoms with Gasteiger partial charge in [0.1, 0.15) is 0 Å². The summed E-state index contributed by atoms with van der Waals surface area (Å²) < 4.78 is 9.52. The first kappa shape index (κ1) is 3.80. The molecule has 2 rings (SSSR count). The first-order valence-electron chi connectivity index (χ1n) is 2.12. The Balaban J connectivity index is 2.14. The Labute approximate surface area is 40.4 Å². The quantitative estimate of drug-likeness (QED) is 0.387. The minimum atomic E-state index is -0.762. The first-order chi connectivity index (χ1) is 3.22. The number of hydrogen-bond donors (Lipinski definition) is 2. The van der Waals surface area contributed by atoms with Crippen molar-refractivity contribution in [2.75, 3.05) is 6.54 Å². The minimum Gasteiger partial charge on any atom is -0.325 e. The Morgan fingerprint density at radius 3 is 1.86 bits per heavy atom. The van der Waals surface area contributed by atoms with Gasteiger partial charge in [0.2, 0.25) is 0 Å². The molecule has 0 aromatic heterocycles. The molecule has 0 radical (unpaired) electrons. The fraction of sp³-hybridized carbons (Fsp3) is 1.00. The fourth-order valence-electron chi connectivity index (χ4n) is 0.672. The SMILES string of the molecule is NCC12OC1(N)O2. The maximum absolute atomic E-state index is 5.26. The molecule has 0 aromatic rings. The van der Waals surface area contributed by atoms with Crippen LogP contribution < -0.4 is 11.5 Å². The van der Waals surface area contributed by atoms with Gasteiger partial charge in [-0.2, -0.15) is 0 Å². The van der Waals surface area contributed by atoms with Crippen LogP contribution in [-0.4, -0.2) is 18.2 Å². The Hall–Kier alpha value is -0.160. The first-order valence-corrected chi connectivity index (χ1v) is 2.12. The molecule has 0 saturated carbocycles. The van der Waals surface area contributed by atoms with Crippen molar-refractivity contribution in [1.82, 2.24) is 0 Å². The van der Waals surface area contributed by atoms with E-state index in [1.807, 2.05) is 0 Å². The molecule has 0 bridgehead atoms. The Kier molecular flexibility index (Phi) is 0.337. The molecule has 0 aromatic carbocycles. The lowest BCUT2D eigenvalue weighted by molar-refractivity contribution is -0.0895. The molecule has 0 atom stereocenters. The molecule has 40 valence electrons. The normalized spacial score (nSPS) is 64.3. The molecule has 2 saturated heterocycles. The zero-order valence-electron chi connectivity index (χ0n) is 3.68. The summed E-state index contributed by atoms with van der Waals surface area (Å²) in [6, 6.07) is 0. The van der Waals surface area contributed by atoms with Crippen molar-refractivity contribution in [2.24, 2.45) is 11.5 Å². The Morgan fingerprint density at radius 2 is 1.86 bits per heavy atom. The highest BCUT2D eigenvalue weighted by Crippen LogP contribution is 2.62. The van der Waals surface area contributed by atoms with Gasteiger partial charge >= 0.3 is 0 Å². The summed E-state index contributed by atoms with van der Waals surface area (Å²) in [5, 5.41) is 0. The minimum absolute atomic E-state index is 0.365. The third-order valence-corrected chi connectivity index (χ3v) is 1.35. The molecule has 2 aliphatic rings.